The van der Waals surface area contributed by atoms with Crippen LogP contribution in [-0.4, -0.2) is 38.8 Å². The Kier molecular flexibility index (Phi) is 5.61. The van der Waals surface area contributed by atoms with Crippen LogP contribution in [0.1, 0.15) is 21.0 Å². The van der Waals surface area contributed by atoms with Gasteiger partial charge in [-0.2, -0.15) is 8.78 Å². The number of nitrogens with zero attached hydrogens (tertiary/aromatic N) is 1. The van der Waals surface area contributed by atoms with Gasteiger partial charge < -0.3 is 19.7 Å². The van der Waals surface area contributed by atoms with E-state index in [4.69, 9.17) is 4.74 Å². The molecular weight excluding hydrogens is 362 g/mol. The van der Waals surface area contributed by atoms with Crippen molar-refractivity contribution in [1.29, 1.82) is 0 Å². The summed E-state index contributed by atoms with van der Waals surface area (Å²) in [5.74, 6) is 0.325. The first kappa shape index (κ1) is 18.4. The molecule has 5 nitrogen and oxygen atoms in total. The second kappa shape index (κ2) is 7.90. The predicted octanol–water partition coefficient (Wildman–Crippen LogP) is 3.68. The minimum atomic E-state index is -2.96. The van der Waals surface area contributed by atoms with Crippen LogP contribution in [0.4, 0.5) is 14.5 Å². The number of carbonyl (C=O) groups excluding carboxylic acids is 1. The van der Waals surface area contributed by atoms with Crippen molar-refractivity contribution in [3.63, 3.8) is 0 Å². The summed E-state index contributed by atoms with van der Waals surface area (Å²) in [6.07, 6.45) is 0.763. The van der Waals surface area contributed by atoms with Crippen molar-refractivity contribution in [2.45, 2.75) is 26.0 Å². The highest BCUT2D eigenvalue weighted by molar-refractivity contribution is 7.14. The Bertz CT molecular complexity index is 782. The number of nitrogens with one attached hydrogen (secondary N) is 1. The van der Waals surface area contributed by atoms with Gasteiger partial charge in [-0.25, -0.2) is 0 Å². The van der Waals surface area contributed by atoms with Gasteiger partial charge in [-0.05, 0) is 31.5 Å². The Hall–Kier alpha value is -2.35. The summed E-state index contributed by atoms with van der Waals surface area (Å²) in [6.45, 7) is 0.193. The highest BCUT2D eigenvalue weighted by Gasteiger charge is 2.28. The fourth-order valence-electron chi connectivity index (χ4n) is 3.07. The molecule has 0 spiro atoms. The van der Waals surface area contributed by atoms with Crippen molar-refractivity contribution in [3.8, 4) is 11.5 Å². The van der Waals surface area contributed by atoms with E-state index < -0.39 is 6.61 Å². The van der Waals surface area contributed by atoms with Crippen LogP contribution < -0.4 is 19.7 Å². The van der Waals surface area contributed by atoms with Crippen LogP contribution in [0.25, 0.3) is 0 Å². The molecular formula is C18H20F2N2O3S. The molecule has 1 aliphatic rings. The van der Waals surface area contributed by atoms with Crippen molar-refractivity contribution >= 4 is 22.9 Å². The summed E-state index contributed by atoms with van der Waals surface area (Å²) in [4.78, 5) is 15.6. The number of benzene rings is 1. The topological polar surface area (TPSA) is 50.8 Å². The molecule has 0 bridgehead atoms. The maximum Gasteiger partial charge on any atom is 0.387 e. The van der Waals surface area contributed by atoms with Gasteiger partial charge in [-0.15, -0.1) is 11.3 Å². The van der Waals surface area contributed by atoms with E-state index in [1.165, 1.54) is 6.07 Å². The van der Waals surface area contributed by atoms with Crippen LogP contribution in [0.2, 0.25) is 0 Å². The van der Waals surface area contributed by atoms with Crippen molar-refractivity contribution < 1.29 is 23.0 Å². The zero-order valence-electron chi connectivity index (χ0n) is 14.5. The Balaban J connectivity index is 1.66. The molecule has 0 aliphatic carbocycles. The molecule has 1 amide bonds. The lowest BCUT2D eigenvalue weighted by molar-refractivity contribution is -0.0498. The average Bonchev–Trinajstić information content (AvgIpc) is 3.20. The van der Waals surface area contributed by atoms with Crippen LogP contribution in [0.5, 0.6) is 11.5 Å². The van der Waals surface area contributed by atoms with Gasteiger partial charge in [0.05, 0.1) is 12.8 Å². The number of halogens is 2. The van der Waals surface area contributed by atoms with Gasteiger partial charge in [0.15, 0.2) is 0 Å². The minimum Gasteiger partial charge on any atom is -0.495 e. The van der Waals surface area contributed by atoms with Gasteiger partial charge in [-0.1, -0.05) is 12.1 Å². The number of methoxy groups -OCH3 is 1. The molecule has 1 N–H and O–H groups in total. The fraction of sp³-hybridized carbons (Fsp3) is 0.389. The first-order valence-electron chi connectivity index (χ1n) is 8.22. The van der Waals surface area contributed by atoms with E-state index in [0.717, 1.165) is 40.6 Å². The average molecular weight is 382 g/mol. The van der Waals surface area contributed by atoms with Crippen molar-refractivity contribution in [3.05, 3.63) is 40.1 Å². The molecule has 0 saturated carbocycles. The molecule has 1 atom stereocenters. The third kappa shape index (κ3) is 4.07. The molecule has 0 radical (unpaired) electrons. The first-order valence-corrected chi connectivity index (χ1v) is 9.03. The molecule has 3 rings (SSSR count). The van der Waals surface area contributed by atoms with Crippen LogP contribution in [0.3, 0.4) is 0 Å². The first-order chi connectivity index (χ1) is 12.5. The molecule has 26 heavy (non-hydrogen) atoms. The molecule has 1 saturated heterocycles. The number of ether oxygens (including phenoxy) is 2. The number of alkyl halides is 2. The number of amides is 1. The monoisotopic (exact) mass is 382 g/mol. The Morgan fingerprint density at radius 3 is 2.85 bits per heavy atom. The summed E-state index contributed by atoms with van der Waals surface area (Å²) >= 11 is 1.15. The largest absolute Gasteiger partial charge is 0.495 e. The van der Waals surface area contributed by atoms with E-state index in [2.05, 4.69) is 15.0 Å². The van der Waals surface area contributed by atoms with Gasteiger partial charge in [0.25, 0.3) is 5.91 Å². The number of rotatable bonds is 6. The second-order valence-corrected chi connectivity index (χ2v) is 7.26. The molecule has 2 aromatic rings. The highest BCUT2D eigenvalue weighted by Crippen LogP contribution is 2.32. The highest BCUT2D eigenvalue weighted by atomic mass is 32.1. The van der Waals surface area contributed by atoms with E-state index in [-0.39, 0.29) is 22.6 Å². The van der Waals surface area contributed by atoms with Gasteiger partial charge in [0.2, 0.25) is 0 Å². The van der Waals surface area contributed by atoms with Crippen molar-refractivity contribution in [2.75, 3.05) is 25.1 Å². The lowest BCUT2D eigenvalue weighted by atomic mass is 10.2. The molecule has 1 fully saturated rings. The quantitative estimate of drug-likeness (QED) is 0.828. The molecule has 2 heterocycles. The third-order valence-electron chi connectivity index (χ3n) is 4.19. The van der Waals surface area contributed by atoms with Crippen LogP contribution in [-0.2, 0) is 0 Å². The molecule has 1 unspecified atom stereocenters. The van der Waals surface area contributed by atoms with E-state index >= 15 is 0 Å². The van der Waals surface area contributed by atoms with Gasteiger partial charge in [0.1, 0.15) is 16.4 Å². The van der Waals surface area contributed by atoms with Gasteiger partial charge in [0, 0.05) is 24.0 Å². The maximum absolute atomic E-state index is 12.5. The smallest absolute Gasteiger partial charge is 0.387 e. The molecule has 140 valence electrons. The Labute approximate surface area is 154 Å². The number of para-hydroxylation sites is 2. The van der Waals surface area contributed by atoms with Crippen molar-refractivity contribution in [1.82, 2.24) is 5.32 Å². The number of hydrogen-bond acceptors (Lipinski definition) is 5. The van der Waals surface area contributed by atoms with E-state index in [1.54, 1.807) is 14.0 Å². The zero-order chi connectivity index (χ0) is 18.7. The van der Waals surface area contributed by atoms with Gasteiger partial charge >= 0.3 is 6.61 Å². The number of hydrogen-bond donors (Lipinski definition) is 1. The number of anilines is 1. The second-order valence-electron chi connectivity index (χ2n) is 6.01. The zero-order valence-corrected chi connectivity index (χ0v) is 15.3. The molecule has 1 aromatic carbocycles. The summed E-state index contributed by atoms with van der Waals surface area (Å²) in [7, 11) is 1.62. The SMILES string of the molecule is COc1ccccc1N1CCC(NC(=O)c2sc(C)cc2OC(F)F)C1. The van der Waals surface area contributed by atoms with Gasteiger partial charge in [-0.3, -0.25) is 4.79 Å². The summed E-state index contributed by atoms with van der Waals surface area (Å²) in [5.41, 5.74) is 0.973. The number of thiophene rings is 1. The van der Waals surface area contributed by atoms with Crippen LogP contribution >= 0.6 is 11.3 Å². The van der Waals surface area contributed by atoms with E-state index in [0.29, 0.717) is 6.54 Å². The summed E-state index contributed by atoms with van der Waals surface area (Å²) in [5, 5.41) is 2.92. The number of carbonyl (C=O) groups is 1. The lowest BCUT2D eigenvalue weighted by Gasteiger charge is -2.21. The van der Waals surface area contributed by atoms with Crippen LogP contribution in [0, 0.1) is 6.92 Å². The number of aryl methyl sites for hydroxylation is 1. The normalized spacial score (nSPS) is 16.8. The molecule has 1 aromatic heterocycles. The summed E-state index contributed by atoms with van der Waals surface area (Å²) < 4.78 is 34.9. The fourth-order valence-corrected chi connectivity index (χ4v) is 3.92. The molecule has 1 aliphatic heterocycles. The third-order valence-corrected chi connectivity index (χ3v) is 5.22. The lowest BCUT2D eigenvalue weighted by Crippen LogP contribution is -2.37. The van der Waals surface area contributed by atoms with E-state index in [1.807, 2.05) is 24.3 Å². The minimum absolute atomic E-state index is 0.0698. The Morgan fingerprint density at radius 1 is 1.35 bits per heavy atom. The molecule has 8 heteroatoms. The maximum atomic E-state index is 12.5. The van der Waals surface area contributed by atoms with E-state index in [9.17, 15) is 13.6 Å². The van der Waals surface area contributed by atoms with Crippen molar-refractivity contribution in [2.24, 2.45) is 0 Å². The summed E-state index contributed by atoms with van der Waals surface area (Å²) in [6, 6.07) is 9.09. The van der Waals surface area contributed by atoms with Crippen LogP contribution in [0.15, 0.2) is 30.3 Å². The Morgan fingerprint density at radius 2 is 2.12 bits per heavy atom. The predicted molar refractivity (Wildman–Crippen MR) is 96.8 cm³/mol. The standard InChI is InChI=1S/C18H20F2N2O3S/c1-11-9-15(25-18(19)20)16(26-11)17(23)21-12-7-8-22(10-12)13-5-3-4-6-14(13)24-2/h3-6,9,12,18H,7-8,10H2,1-2H3,(H,21,23).